The van der Waals surface area contributed by atoms with E-state index in [1.54, 1.807) is 0 Å². The van der Waals surface area contributed by atoms with Crippen LogP contribution in [0.1, 0.15) is 67.2 Å². The molecule has 0 aromatic heterocycles. The first-order chi connectivity index (χ1) is 13.5. The minimum atomic E-state index is -0.779. The number of nitrogens with one attached hydrogen (secondary N) is 1. The highest BCUT2D eigenvalue weighted by molar-refractivity contribution is 5.09. The summed E-state index contributed by atoms with van der Waals surface area (Å²) >= 11 is 0. The van der Waals surface area contributed by atoms with Gasteiger partial charge in [0.25, 0.3) is 0 Å². The largest absolute Gasteiger partial charge is 0.389 e. The quantitative estimate of drug-likeness (QED) is 0.671. The molecule has 4 saturated heterocycles. The Morgan fingerprint density at radius 1 is 1.14 bits per heavy atom. The molecule has 0 aromatic rings. The van der Waals surface area contributed by atoms with E-state index in [2.05, 4.69) is 39.9 Å². The van der Waals surface area contributed by atoms with Gasteiger partial charge in [-0.25, -0.2) is 9.78 Å². The van der Waals surface area contributed by atoms with Crippen LogP contribution in [0.2, 0.25) is 0 Å². The number of β-amino-alcohol motifs (C(OH)–C–C–N with tert-alkyl or cyclic N) is 1. The van der Waals surface area contributed by atoms with Gasteiger partial charge in [0.05, 0.1) is 12.7 Å². The molecule has 0 amide bonds. The molecule has 7 nitrogen and oxygen atoms in total. The fraction of sp³-hybridized carbons (Fsp3) is 1.00. The van der Waals surface area contributed by atoms with Crippen molar-refractivity contribution in [2.75, 3.05) is 13.2 Å². The third-order valence-corrected chi connectivity index (χ3v) is 7.42. The second-order valence-electron chi connectivity index (χ2n) is 10.9. The van der Waals surface area contributed by atoms with Crippen molar-refractivity contribution in [1.29, 1.82) is 0 Å². The zero-order valence-corrected chi connectivity index (χ0v) is 18.8. The zero-order chi connectivity index (χ0) is 21.0. The number of aliphatic hydroxyl groups excluding tert-OH is 1. The van der Waals surface area contributed by atoms with Crippen LogP contribution in [-0.4, -0.2) is 53.9 Å². The molecule has 1 saturated carbocycles. The van der Waals surface area contributed by atoms with E-state index in [-0.39, 0.29) is 24.0 Å². The Hall–Kier alpha value is -0.280. The number of hydrogen-bond donors (Lipinski definition) is 2. The lowest BCUT2D eigenvalue weighted by Gasteiger charge is -2.60. The highest BCUT2D eigenvalue weighted by Crippen LogP contribution is 2.60. The highest BCUT2D eigenvalue weighted by Gasteiger charge is 2.69. The van der Waals surface area contributed by atoms with E-state index < -0.39 is 30.1 Å². The van der Waals surface area contributed by atoms with Gasteiger partial charge in [-0.15, -0.1) is 0 Å². The third-order valence-electron chi connectivity index (χ3n) is 7.42. The Balaban J connectivity index is 1.48. The molecule has 5 aliphatic rings. The molecule has 1 aliphatic carbocycles. The first-order valence-electron chi connectivity index (χ1n) is 11.3. The molecule has 9 atom stereocenters. The van der Waals surface area contributed by atoms with Gasteiger partial charge in [0, 0.05) is 30.3 Å². The van der Waals surface area contributed by atoms with Gasteiger partial charge in [0.2, 0.25) is 5.79 Å². The van der Waals surface area contributed by atoms with E-state index in [4.69, 9.17) is 24.0 Å². The normalized spacial score (nSPS) is 48.1. The number of hydrogen-bond acceptors (Lipinski definition) is 7. The molecule has 0 aromatic carbocycles. The fourth-order valence-electron chi connectivity index (χ4n) is 5.75. The summed E-state index contributed by atoms with van der Waals surface area (Å²) in [7, 11) is 0. The summed E-state index contributed by atoms with van der Waals surface area (Å²) in [6.45, 7) is 13.3. The Bertz CT molecular complexity index is 596. The Labute approximate surface area is 174 Å². The number of aliphatic hydroxyl groups is 1. The molecule has 2 N–H and O–H groups in total. The molecule has 7 heteroatoms. The lowest BCUT2D eigenvalue weighted by Crippen LogP contribution is -2.70. The van der Waals surface area contributed by atoms with Crippen LogP contribution in [-0.2, 0) is 24.0 Å². The summed E-state index contributed by atoms with van der Waals surface area (Å²) in [6.07, 6.45) is 2.49. The predicted octanol–water partition coefficient (Wildman–Crippen LogP) is 2.96. The van der Waals surface area contributed by atoms with Crippen molar-refractivity contribution < 1.29 is 29.1 Å². The molecule has 2 bridgehead atoms. The van der Waals surface area contributed by atoms with E-state index in [9.17, 15) is 5.11 Å². The molecule has 0 radical (unpaired) electrons. The smallest absolute Gasteiger partial charge is 0.201 e. The third kappa shape index (κ3) is 4.00. The van der Waals surface area contributed by atoms with Crippen LogP contribution in [0, 0.1) is 23.7 Å². The van der Waals surface area contributed by atoms with Crippen molar-refractivity contribution in [3.05, 3.63) is 0 Å². The number of ether oxygens (including phenoxy) is 3. The van der Waals surface area contributed by atoms with Gasteiger partial charge < -0.3 is 24.6 Å². The van der Waals surface area contributed by atoms with Crippen LogP contribution >= 0.6 is 0 Å². The summed E-state index contributed by atoms with van der Waals surface area (Å²) in [5.74, 6) is 0.470. The molecule has 4 heterocycles. The molecule has 4 unspecified atom stereocenters. The van der Waals surface area contributed by atoms with Crippen LogP contribution in [0.5, 0.6) is 0 Å². The average Bonchev–Trinajstić information content (AvgIpc) is 2.87. The molecule has 168 valence electrons. The first-order valence-corrected chi connectivity index (χ1v) is 11.3. The van der Waals surface area contributed by atoms with Crippen molar-refractivity contribution in [2.24, 2.45) is 23.7 Å². The van der Waals surface area contributed by atoms with Crippen molar-refractivity contribution in [1.82, 2.24) is 5.32 Å². The zero-order valence-electron chi connectivity index (χ0n) is 18.8. The maximum Gasteiger partial charge on any atom is 0.201 e. The number of rotatable bonds is 5. The SMILES string of the molecule is C[C@@H]1CCC2[C@@H](C)[C@@H](OCC(O)CNC(C)(C)C)O[C@H]3OC4(C)CCC1[C@@]23OO4. The van der Waals surface area contributed by atoms with Gasteiger partial charge in [-0.3, -0.25) is 0 Å². The van der Waals surface area contributed by atoms with E-state index >= 15 is 0 Å². The Morgan fingerprint density at radius 3 is 2.62 bits per heavy atom. The van der Waals surface area contributed by atoms with Gasteiger partial charge in [-0.05, 0) is 58.8 Å². The van der Waals surface area contributed by atoms with E-state index in [1.807, 2.05) is 6.92 Å². The molecule has 4 aliphatic heterocycles. The van der Waals surface area contributed by atoms with Crippen LogP contribution in [0.25, 0.3) is 0 Å². The Morgan fingerprint density at radius 2 is 1.90 bits per heavy atom. The summed E-state index contributed by atoms with van der Waals surface area (Å²) in [5.41, 5.74) is -0.616. The highest BCUT2D eigenvalue weighted by atomic mass is 17.3. The molecule has 1 spiro atoms. The lowest BCUT2D eigenvalue weighted by molar-refractivity contribution is -0.577. The van der Waals surface area contributed by atoms with Gasteiger partial charge >= 0.3 is 0 Å². The van der Waals surface area contributed by atoms with Crippen LogP contribution < -0.4 is 5.32 Å². The minimum absolute atomic E-state index is 0.0456. The standard InChI is InChI=1S/C22H39NO6/c1-13-7-8-17-14(2)18(25-12-15(24)11-23-20(3,4)5)26-19-22(17)16(13)9-10-21(6,27-19)28-29-22/h13-19,23-24H,7-12H2,1-6H3/t13-,14-,15?,16?,17?,18+,19+,21?,22-/m1/s1. The molecule has 29 heavy (non-hydrogen) atoms. The van der Waals surface area contributed by atoms with Gasteiger partial charge in [0.15, 0.2) is 18.2 Å². The van der Waals surface area contributed by atoms with E-state index in [0.717, 1.165) is 19.3 Å². The fourth-order valence-corrected chi connectivity index (χ4v) is 5.75. The van der Waals surface area contributed by atoms with Gasteiger partial charge in [0.1, 0.15) is 0 Å². The second-order valence-corrected chi connectivity index (χ2v) is 10.9. The number of fused-ring (bicyclic) bond motifs is 2. The van der Waals surface area contributed by atoms with E-state index in [0.29, 0.717) is 18.4 Å². The maximum absolute atomic E-state index is 10.3. The van der Waals surface area contributed by atoms with Crippen molar-refractivity contribution in [3.8, 4) is 0 Å². The average molecular weight is 414 g/mol. The summed E-state index contributed by atoms with van der Waals surface area (Å²) < 4.78 is 18.8. The Kier molecular flexibility index (Phi) is 5.82. The van der Waals surface area contributed by atoms with Gasteiger partial charge in [-0.2, -0.15) is 0 Å². The van der Waals surface area contributed by atoms with Crippen LogP contribution in [0.15, 0.2) is 0 Å². The van der Waals surface area contributed by atoms with Crippen LogP contribution in [0.3, 0.4) is 0 Å². The summed E-state index contributed by atoms with van der Waals surface area (Å²) in [6, 6.07) is 0. The maximum atomic E-state index is 10.3. The van der Waals surface area contributed by atoms with E-state index in [1.165, 1.54) is 6.42 Å². The summed E-state index contributed by atoms with van der Waals surface area (Å²) in [4.78, 5) is 12.0. The lowest BCUT2D eigenvalue weighted by atomic mass is 9.58. The summed E-state index contributed by atoms with van der Waals surface area (Å²) in [5, 5.41) is 13.7. The molecule has 5 rings (SSSR count). The van der Waals surface area contributed by atoms with Crippen molar-refractivity contribution >= 4 is 0 Å². The second kappa shape index (κ2) is 7.69. The topological polar surface area (TPSA) is 78.4 Å². The molecular weight excluding hydrogens is 374 g/mol. The molecule has 5 fully saturated rings. The minimum Gasteiger partial charge on any atom is -0.389 e. The van der Waals surface area contributed by atoms with Crippen molar-refractivity contribution in [2.45, 2.75) is 103 Å². The van der Waals surface area contributed by atoms with Crippen LogP contribution in [0.4, 0.5) is 0 Å². The molecular formula is C22H39NO6. The first kappa shape index (κ1) is 21.9. The predicted molar refractivity (Wildman–Crippen MR) is 107 cm³/mol. The monoisotopic (exact) mass is 413 g/mol. The van der Waals surface area contributed by atoms with Gasteiger partial charge in [-0.1, -0.05) is 13.8 Å². The van der Waals surface area contributed by atoms with Crippen molar-refractivity contribution in [3.63, 3.8) is 0 Å².